The number of rotatable bonds is 4. The van der Waals surface area contributed by atoms with Crippen molar-refractivity contribution in [1.82, 2.24) is 9.80 Å². The molecule has 3 amide bonds. The van der Waals surface area contributed by atoms with E-state index in [0.717, 1.165) is 6.42 Å². The van der Waals surface area contributed by atoms with E-state index >= 15 is 0 Å². The van der Waals surface area contributed by atoms with Crippen molar-refractivity contribution in [3.05, 3.63) is 29.8 Å². The van der Waals surface area contributed by atoms with Crippen LogP contribution in [0, 0.1) is 5.92 Å². The third kappa shape index (κ3) is 4.13. The number of hydrogen-bond acceptors (Lipinski definition) is 4. The maximum atomic E-state index is 13.0. The minimum atomic E-state index is -0.287. The second-order valence-electron chi connectivity index (χ2n) is 7.58. The number of para-hydroxylation sites is 1. The number of benzene rings is 1. The Kier molecular flexibility index (Phi) is 5.79. The molecule has 0 spiro atoms. The number of anilines is 1. The summed E-state index contributed by atoms with van der Waals surface area (Å²) >= 11 is 0. The van der Waals surface area contributed by atoms with E-state index in [2.05, 4.69) is 13.8 Å². The maximum Gasteiger partial charge on any atom is 0.256 e. The highest BCUT2D eigenvalue weighted by Crippen LogP contribution is 2.24. The summed E-state index contributed by atoms with van der Waals surface area (Å²) in [5, 5.41) is 0. The highest BCUT2D eigenvalue weighted by molar-refractivity contribution is 6.10. The van der Waals surface area contributed by atoms with Gasteiger partial charge in [-0.3, -0.25) is 14.4 Å². The molecule has 1 fully saturated rings. The molecular formula is C20H27N3O4. The summed E-state index contributed by atoms with van der Waals surface area (Å²) < 4.78 is 5.54. The first-order chi connectivity index (χ1) is 12.9. The van der Waals surface area contributed by atoms with Crippen LogP contribution in [0.15, 0.2) is 24.3 Å². The Morgan fingerprint density at radius 3 is 2.74 bits per heavy atom. The third-order valence-corrected chi connectivity index (χ3v) is 5.10. The van der Waals surface area contributed by atoms with Crippen LogP contribution in [-0.4, -0.2) is 73.5 Å². The van der Waals surface area contributed by atoms with Crippen molar-refractivity contribution in [2.45, 2.75) is 26.3 Å². The molecule has 0 radical (unpaired) electrons. The van der Waals surface area contributed by atoms with Gasteiger partial charge in [0.05, 0.1) is 30.5 Å². The van der Waals surface area contributed by atoms with E-state index in [1.54, 1.807) is 31.3 Å². The van der Waals surface area contributed by atoms with E-state index in [1.807, 2.05) is 4.90 Å². The lowest BCUT2D eigenvalue weighted by atomic mass is 10.0. The van der Waals surface area contributed by atoms with Gasteiger partial charge >= 0.3 is 0 Å². The Morgan fingerprint density at radius 1 is 1.26 bits per heavy atom. The molecule has 0 N–H and O–H groups in total. The van der Waals surface area contributed by atoms with Crippen molar-refractivity contribution in [2.75, 3.05) is 44.8 Å². The lowest BCUT2D eigenvalue weighted by molar-refractivity contribution is -0.141. The summed E-state index contributed by atoms with van der Waals surface area (Å²) in [5.41, 5.74) is 1.02. The molecule has 7 heteroatoms. The van der Waals surface area contributed by atoms with Crippen LogP contribution in [0.5, 0.6) is 0 Å². The van der Waals surface area contributed by atoms with E-state index in [1.165, 1.54) is 9.80 Å². The molecular weight excluding hydrogens is 346 g/mol. The van der Waals surface area contributed by atoms with E-state index in [4.69, 9.17) is 4.74 Å². The van der Waals surface area contributed by atoms with Crippen molar-refractivity contribution in [3.63, 3.8) is 0 Å². The Bertz CT molecular complexity index is 734. The number of hydrogen-bond donors (Lipinski definition) is 0. The first-order valence-electron chi connectivity index (χ1n) is 9.40. The number of fused-ring (bicyclic) bond motifs is 1. The van der Waals surface area contributed by atoms with Gasteiger partial charge in [0, 0.05) is 13.6 Å². The molecule has 2 aliphatic rings. The number of ether oxygens (including phenoxy) is 1. The average Bonchev–Trinajstić information content (AvgIpc) is 2.73. The second kappa shape index (κ2) is 8.08. The quantitative estimate of drug-likeness (QED) is 0.800. The molecule has 2 heterocycles. The van der Waals surface area contributed by atoms with Crippen LogP contribution in [-0.2, 0) is 14.3 Å². The van der Waals surface area contributed by atoms with Gasteiger partial charge in [0.2, 0.25) is 11.8 Å². The number of carbonyl (C=O) groups excluding carboxylic acids is 3. The molecule has 1 unspecified atom stereocenters. The predicted molar refractivity (Wildman–Crippen MR) is 102 cm³/mol. The first-order valence-corrected chi connectivity index (χ1v) is 9.40. The lowest BCUT2D eigenvalue weighted by Crippen LogP contribution is -2.53. The van der Waals surface area contributed by atoms with Crippen molar-refractivity contribution >= 4 is 23.4 Å². The van der Waals surface area contributed by atoms with Gasteiger partial charge in [-0.2, -0.15) is 0 Å². The van der Waals surface area contributed by atoms with E-state index in [9.17, 15) is 14.4 Å². The molecule has 3 rings (SSSR count). The number of carbonyl (C=O) groups is 3. The van der Waals surface area contributed by atoms with Crippen molar-refractivity contribution in [3.8, 4) is 0 Å². The topological polar surface area (TPSA) is 70.2 Å². The largest absolute Gasteiger partial charge is 0.377 e. The van der Waals surface area contributed by atoms with Crippen LogP contribution in [0.1, 0.15) is 30.6 Å². The molecule has 0 aromatic heterocycles. The van der Waals surface area contributed by atoms with Crippen LogP contribution in [0.4, 0.5) is 5.69 Å². The summed E-state index contributed by atoms with van der Waals surface area (Å²) in [6, 6.07) is 7.01. The molecule has 0 saturated carbocycles. The van der Waals surface area contributed by atoms with Crippen molar-refractivity contribution in [1.29, 1.82) is 0 Å². The molecule has 0 aliphatic carbocycles. The summed E-state index contributed by atoms with van der Waals surface area (Å²) in [6.07, 6.45) is 0.851. The molecule has 7 nitrogen and oxygen atoms in total. The Labute approximate surface area is 159 Å². The zero-order valence-electron chi connectivity index (χ0n) is 16.2. The molecule has 1 saturated heterocycles. The number of likely N-dealkylation sites (N-methyl/N-ethyl adjacent to an activating group) is 1. The van der Waals surface area contributed by atoms with Crippen molar-refractivity contribution < 1.29 is 19.1 Å². The summed E-state index contributed by atoms with van der Waals surface area (Å²) in [4.78, 5) is 43.1. The molecule has 1 aromatic carbocycles. The Hall–Kier alpha value is -2.41. The molecule has 1 atom stereocenters. The van der Waals surface area contributed by atoms with Crippen LogP contribution < -0.4 is 4.90 Å². The third-order valence-electron chi connectivity index (χ3n) is 5.10. The van der Waals surface area contributed by atoms with E-state index in [0.29, 0.717) is 36.9 Å². The monoisotopic (exact) mass is 373 g/mol. The van der Waals surface area contributed by atoms with Gasteiger partial charge in [-0.15, -0.1) is 0 Å². The van der Waals surface area contributed by atoms with Crippen LogP contribution in [0.2, 0.25) is 0 Å². The minimum Gasteiger partial charge on any atom is -0.377 e. The predicted octanol–water partition coefficient (Wildman–Crippen LogP) is 1.38. The highest BCUT2D eigenvalue weighted by atomic mass is 16.5. The van der Waals surface area contributed by atoms with E-state index < -0.39 is 0 Å². The van der Waals surface area contributed by atoms with Crippen LogP contribution in [0.25, 0.3) is 0 Å². The smallest absolute Gasteiger partial charge is 0.256 e. The summed E-state index contributed by atoms with van der Waals surface area (Å²) in [6.45, 7) is 5.56. The van der Waals surface area contributed by atoms with Crippen molar-refractivity contribution in [2.24, 2.45) is 5.92 Å². The van der Waals surface area contributed by atoms with Gasteiger partial charge in [0.1, 0.15) is 13.1 Å². The van der Waals surface area contributed by atoms with Gasteiger partial charge in [0.15, 0.2) is 0 Å². The number of nitrogens with zero attached hydrogens (tertiary/aromatic N) is 3. The highest BCUT2D eigenvalue weighted by Gasteiger charge is 2.34. The number of morpholine rings is 1. The zero-order chi connectivity index (χ0) is 19.6. The van der Waals surface area contributed by atoms with Gasteiger partial charge in [0.25, 0.3) is 5.91 Å². The maximum absolute atomic E-state index is 13.0. The lowest BCUT2D eigenvalue weighted by Gasteiger charge is -2.37. The summed E-state index contributed by atoms with van der Waals surface area (Å²) in [7, 11) is 1.65. The van der Waals surface area contributed by atoms with Gasteiger partial charge in [-0.25, -0.2) is 0 Å². The molecule has 27 heavy (non-hydrogen) atoms. The fraction of sp³-hybridized carbons (Fsp3) is 0.550. The standard InChI is InChI=1S/C20H27N3O4/c1-14(2)10-15-13-27-9-8-23(15)19(25)12-22-11-18(24)21(3)17-7-5-4-6-16(17)20(22)26/h4-7,14-15H,8-13H2,1-3H3. The van der Waals surface area contributed by atoms with Crippen LogP contribution in [0.3, 0.4) is 0 Å². The molecule has 0 bridgehead atoms. The fourth-order valence-electron chi connectivity index (χ4n) is 3.70. The average molecular weight is 373 g/mol. The minimum absolute atomic E-state index is 0.0130. The SMILES string of the molecule is CC(C)CC1COCCN1C(=O)CN1CC(=O)N(C)c2ccccc2C1=O. The second-order valence-corrected chi connectivity index (χ2v) is 7.58. The van der Waals surface area contributed by atoms with Gasteiger partial charge in [-0.1, -0.05) is 26.0 Å². The Balaban J connectivity index is 1.79. The van der Waals surface area contributed by atoms with Gasteiger partial charge in [-0.05, 0) is 24.5 Å². The fourth-order valence-corrected chi connectivity index (χ4v) is 3.70. The van der Waals surface area contributed by atoms with E-state index in [-0.39, 0.29) is 36.9 Å². The zero-order valence-corrected chi connectivity index (χ0v) is 16.2. The Morgan fingerprint density at radius 2 is 2.00 bits per heavy atom. The number of amides is 3. The first kappa shape index (κ1) is 19.4. The van der Waals surface area contributed by atoms with Crippen LogP contribution >= 0.6 is 0 Å². The summed E-state index contributed by atoms with van der Waals surface area (Å²) in [5.74, 6) is -0.187. The molecule has 2 aliphatic heterocycles. The molecule has 1 aromatic rings. The molecule has 146 valence electrons. The normalized spacial score (nSPS) is 20.7. The van der Waals surface area contributed by atoms with Gasteiger partial charge < -0.3 is 19.4 Å².